The van der Waals surface area contributed by atoms with E-state index in [1.54, 1.807) is 24.3 Å². The molecule has 0 aliphatic carbocycles. The topological polar surface area (TPSA) is 80.6 Å². The van der Waals surface area contributed by atoms with Crippen molar-refractivity contribution in [1.29, 1.82) is 0 Å². The summed E-state index contributed by atoms with van der Waals surface area (Å²) in [5.74, 6) is 0. The van der Waals surface area contributed by atoms with Crippen molar-refractivity contribution in [3.63, 3.8) is 0 Å². The van der Waals surface area contributed by atoms with Crippen molar-refractivity contribution in [2.45, 2.75) is 26.2 Å². The first-order valence-electron chi connectivity index (χ1n) is 8.20. The molecule has 0 amide bonds. The standard InChI is InChI=1S/C7H4BrClO.C7H5BrN4O.C4H12Si/c8-6-4-2-1-3-5(6)7(9)10;8-5-3-1-2-4-6(5)12-7(13)9-10-11-12;1-5(2,3)4/h1-4H;1-4H,(H,9,11,13);1-4H3. The van der Waals surface area contributed by atoms with Crippen molar-refractivity contribution in [2.24, 2.45) is 0 Å². The highest BCUT2D eigenvalue weighted by Gasteiger charge is 2.05. The van der Waals surface area contributed by atoms with Crippen LogP contribution in [-0.2, 0) is 0 Å². The summed E-state index contributed by atoms with van der Waals surface area (Å²) in [5.41, 5.74) is 0.817. The van der Waals surface area contributed by atoms with E-state index < -0.39 is 13.3 Å². The first-order chi connectivity index (χ1) is 13.0. The Morgan fingerprint density at radius 3 is 1.89 bits per heavy atom. The van der Waals surface area contributed by atoms with Crippen LogP contribution in [0.1, 0.15) is 10.4 Å². The van der Waals surface area contributed by atoms with E-state index in [1.807, 2.05) is 24.3 Å². The minimum Gasteiger partial charge on any atom is -0.276 e. The smallest absolute Gasteiger partial charge is 0.276 e. The molecule has 28 heavy (non-hydrogen) atoms. The van der Waals surface area contributed by atoms with Gasteiger partial charge in [-0.3, -0.25) is 4.79 Å². The molecule has 0 unspecified atom stereocenters. The average molecular weight is 549 g/mol. The third-order valence-electron chi connectivity index (χ3n) is 2.64. The van der Waals surface area contributed by atoms with E-state index >= 15 is 0 Å². The van der Waals surface area contributed by atoms with E-state index in [0.717, 1.165) is 8.95 Å². The van der Waals surface area contributed by atoms with Crippen LogP contribution in [0, 0.1) is 0 Å². The number of nitrogens with one attached hydrogen (secondary N) is 1. The lowest BCUT2D eigenvalue weighted by molar-refractivity contribution is 0.108. The summed E-state index contributed by atoms with van der Waals surface area (Å²) < 4.78 is 2.71. The Balaban J connectivity index is 0.000000233. The van der Waals surface area contributed by atoms with Gasteiger partial charge in [-0.15, -0.1) is 0 Å². The molecule has 0 radical (unpaired) electrons. The molecule has 0 saturated carbocycles. The van der Waals surface area contributed by atoms with Gasteiger partial charge >= 0.3 is 5.69 Å². The fourth-order valence-electron chi connectivity index (χ4n) is 1.60. The zero-order valence-electron chi connectivity index (χ0n) is 15.9. The van der Waals surface area contributed by atoms with Crippen molar-refractivity contribution < 1.29 is 4.79 Å². The van der Waals surface area contributed by atoms with Crippen molar-refractivity contribution in [2.75, 3.05) is 0 Å². The largest absolute Gasteiger partial charge is 0.365 e. The first-order valence-corrected chi connectivity index (χ1v) is 14.2. The van der Waals surface area contributed by atoms with Gasteiger partial charge in [0.1, 0.15) is 0 Å². The monoisotopic (exact) mass is 546 g/mol. The van der Waals surface area contributed by atoms with E-state index in [-0.39, 0.29) is 5.69 Å². The molecule has 0 aliphatic rings. The molecular weight excluding hydrogens is 528 g/mol. The molecule has 3 rings (SSSR count). The van der Waals surface area contributed by atoms with Gasteiger partial charge in [-0.2, -0.15) is 4.68 Å². The van der Waals surface area contributed by atoms with Crippen LogP contribution in [-0.4, -0.2) is 33.5 Å². The van der Waals surface area contributed by atoms with E-state index in [2.05, 4.69) is 73.6 Å². The summed E-state index contributed by atoms with van der Waals surface area (Å²) in [6.45, 7) is 9.31. The van der Waals surface area contributed by atoms with E-state index in [4.69, 9.17) is 11.6 Å². The molecule has 0 fully saturated rings. The molecule has 0 bridgehead atoms. The maximum atomic E-state index is 11.1. The number of hydrogen-bond acceptors (Lipinski definition) is 4. The summed E-state index contributed by atoms with van der Waals surface area (Å²) in [7, 11) is -0.611. The summed E-state index contributed by atoms with van der Waals surface area (Å²) in [6, 6.07) is 14.3. The Morgan fingerprint density at radius 1 is 1.00 bits per heavy atom. The Kier molecular flexibility index (Phi) is 10.0. The quantitative estimate of drug-likeness (QED) is 0.339. The van der Waals surface area contributed by atoms with Gasteiger partial charge in [0.05, 0.1) is 5.69 Å². The van der Waals surface area contributed by atoms with Crippen LogP contribution in [0.15, 0.2) is 62.3 Å². The normalized spacial score (nSPS) is 10.2. The zero-order valence-corrected chi connectivity index (χ0v) is 20.8. The molecule has 0 atom stereocenters. The number of tetrazole rings is 1. The number of nitrogens with zero attached hydrogens (tertiary/aromatic N) is 3. The van der Waals surface area contributed by atoms with Crippen LogP contribution in [0.5, 0.6) is 0 Å². The Labute approximate surface area is 186 Å². The fourth-order valence-corrected chi connectivity index (χ4v) is 2.80. The first kappa shape index (κ1) is 24.5. The van der Waals surface area contributed by atoms with Gasteiger partial charge in [0, 0.05) is 22.6 Å². The number of benzene rings is 2. The number of rotatable bonds is 2. The molecule has 150 valence electrons. The number of para-hydroxylation sites is 1. The number of aromatic nitrogens is 4. The summed E-state index contributed by atoms with van der Waals surface area (Å²) in [6.07, 6.45) is 0. The molecule has 1 aromatic heterocycles. The van der Waals surface area contributed by atoms with Crippen molar-refractivity contribution in [3.8, 4) is 5.69 Å². The number of carbonyl (C=O) groups is 1. The van der Waals surface area contributed by atoms with E-state index in [9.17, 15) is 9.59 Å². The molecular formula is C18H21Br2ClN4O2Si. The van der Waals surface area contributed by atoms with Crippen LogP contribution in [0.25, 0.3) is 5.69 Å². The van der Waals surface area contributed by atoms with Gasteiger partial charge in [-0.25, -0.2) is 9.89 Å². The summed E-state index contributed by atoms with van der Waals surface area (Å²) >= 11 is 11.7. The van der Waals surface area contributed by atoms with Gasteiger partial charge in [0.15, 0.2) is 0 Å². The van der Waals surface area contributed by atoms with Crippen LogP contribution in [0.3, 0.4) is 0 Å². The Morgan fingerprint density at radius 2 is 1.50 bits per heavy atom. The van der Waals surface area contributed by atoms with Crippen LogP contribution in [0.2, 0.25) is 26.2 Å². The average Bonchev–Trinajstić information content (AvgIpc) is 3.00. The predicted molar refractivity (Wildman–Crippen MR) is 123 cm³/mol. The second kappa shape index (κ2) is 11.4. The molecule has 2 aromatic carbocycles. The van der Waals surface area contributed by atoms with Crippen molar-refractivity contribution in [3.05, 3.63) is 73.5 Å². The number of halogens is 3. The van der Waals surface area contributed by atoms with Gasteiger partial charge in [-0.05, 0) is 62.2 Å². The molecule has 3 aromatic rings. The molecule has 0 aliphatic heterocycles. The summed E-state index contributed by atoms with van der Waals surface area (Å²) in [4.78, 5) is 21.7. The SMILES string of the molecule is C[Si](C)(C)C.O=C(Cl)c1ccccc1Br.O=c1[nH]nnn1-c1ccccc1Br. The molecule has 0 spiro atoms. The fraction of sp³-hybridized carbons (Fsp3) is 0.222. The third-order valence-corrected chi connectivity index (χ3v) is 4.20. The lowest BCUT2D eigenvalue weighted by Gasteiger charge is -2.01. The lowest BCUT2D eigenvalue weighted by atomic mass is 10.2. The Bertz CT molecular complexity index is 964. The third kappa shape index (κ3) is 9.09. The maximum absolute atomic E-state index is 11.1. The van der Waals surface area contributed by atoms with Gasteiger partial charge < -0.3 is 0 Å². The molecule has 1 heterocycles. The number of aromatic amines is 1. The number of carbonyl (C=O) groups excluding carboxylic acids is 1. The molecule has 6 nitrogen and oxygen atoms in total. The van der Waals surface area contributed by atoms with Gasteiger partial charge in [-0.1, -0.05) is 66.4 Å². The van der Waals surface area contributed by atoms with Crippen LogP contribution >= 0.6 is 43.5 Å². The zero-order chi connectivity index (χ0) is 21.3. The molecule has 10 heteroatoms. The highest BCUT2D eigenvalue weighted by Crippen LogP contribution is 2.18. The predicted octanol–water partition coefficient (Wildman–Crippen LogP) is 5.50. The van der Waals surface area contributed by atoms with Gasteiger partial charge in [0.2, 0.25) is 0 Å². The summed E-state index contributed by atoms with van der Waals surface area (Å²) in [5, 5.41) is 8.79. The van der Waals surface area contributed by atoms with Gasteiger partial charge in [0.25, 0.3) is 5.24 Å². The minimum absolute atomic E-state index is 0.355. The highest BCUT2D eigenvalue weighted by atomic mass is 79.9. The van der Waals surface area contributed by atoms with Crippen molar-refractivity contribution >= 4 is 56.8 Å². The highest BCUT2D eigenvalue weighted by molar-refractivity contribution is 9.10. The van der Waals surface area contributed by atoms with E-state index in [0.29, 0.717) is 11.3 Å². The molecule has 0 saturated heterocycles. The Hall–Kier alpha value is -1.55. The van der Waals surface area contributed by atoms with Crippen LogP contribution in [0.4, 0.5) is 0 Å². The molecule has 1 N–H and O–H groups in total. The minimum atomic E-state index is -0.611. The van der Waals surface area contributed by atoms with Crippen molar-refractivity contribution in [1.82, 2.24) is 20.2 Å². The lowest BCUT2D eigenvalue weighted by Crippen LogP contribution is -2.16. The second-order valence-electron chi connectivity index (χ2n) is 7.12. The second-order valence-corrected chi connectivity index (χ2v) is 15.2. The maximum Gasteiger partial charge on any atom is 0.365 e. The van der Waals surface area contributed by atoms with Crippen LogP contribution < -0.4 is 5.69 Å². The number of H-pyrrole nitrogens is 1. The van der Waals surface area contributed by atoms with E-state index in [1.165, 1.54) is 4.68 Å². The number of hydrogen-bond donors (Lipinski definition) is 1.